The van der Waals surface area contributed by atoms with Gasteiger partial charge in [0.1, 0.15) is 0 Å². The molecule has 0 saturated heterocycles. The van der Waals surface area contributed by atoms with E-state index in [4.69, 9.17) is 9.47 Å². The highest BCUT2D eigenvalue weighted by Crippen LogP contribution is 2.34. The van der Waals surface area contributed by atoms with E-state index in [9.17, 15) is 5.11 Å². The summed E-state index contributed by atoms with van der Waals surface area (Å²) in [7, 11) is 1.69. The molecule has 0 spiro atoms. The standard InChI is InChI=1S/C11H21IO3/c1-14-7-4-8-15-9-11(13)6-3-2-5-10(11)12/h10,13H,2-9H2,1H3. The maximum Gasteiger partial charge on any atom is 0.0996 e. The van der Waals surface area contributed by atoms with Crippen LogP contribution in [0.3, 0.4) is 0 Å². The van der Waals surface area contributed by atoms with Gasteiger partial charge in [0.25, 0.3) is 0 Å². The Morgan fingerprint density at radius 2 is 2.20 bits per heavy atom. The second kappa shape index (κ2) is 7.04. The van der Waals surface area contributed by atoms with E-state index in [0.717, 1.165) is 32.3 Å². The molecule has 0 aromatic carbocycles. The van der Waals surface area contributed by atoms with Gasteiger partial charge >= 0.3 is 0 Å². The first-order valence-corrected chi connectivity index (χ1v) is 6.87. The minimum absolute atomic E-state index is 0.339. The fourth-order valence-corrected chi connectivity index (χ4v) is 2.83. The third-order valence-corrected chi connectivity index (χ3v) is 4.67. The number of aliphatic hydroxyl groups is 1. The number of hydrogen-bond acceptors (Lipinski definition) is 3. The lowest BCUT2D eigenvalue weighted by atomic mass is 9.85. The van der Waals surface area contributed by atoms with Crippen molar-refractivity contribution in [3.05, 3.63) is 0 Å². The minimum atomic E-state index is -0.591. The van der Waals surface area contributed by atoms with Crippen LogP contribution in [0.4, 0.5) is 0 Å². The normalized spacial score (nSPS) is 31.8. The Balaban J connectivity index is 2.17. The molecule has 1 aliphatic rings. The molecule has 3 nitrogen and oxygen atoms in total. The maximum absolute atomic E-state index is 10.3. The van der Waals surface area contributed by atoms with Crippen LogP contribution in [0, 0.1) is 0 Å². The van der Waals surface area contributed by atoms with Crippen LogP contribution in [0.2, 0.25) is 0 Å². The molecule has 15 heavy (non-hydrogen) atoms. The molecular formula is C11H21IO3. The maximum atomic E-state index is 10.3. The van der Waals surface area contributed by atoms with Crippen LogP contribution in [0.15, 0.2) is 0 Å². The molecule has 0 aliphatic heterocycles. The Kier molecular flexibility index (Phi) is 6.42. The van der Waals surface area contributed by atoms with Gasteiger partial charge in [-0.3, -0.25) is 0 Å². The van der Waals surface area contributed by atoms with E-state index in [1.807, 2.05) is 0 Å². The first kappa shape index (κ1) is 13.7. The summed E-state index contributed by atoms with van der Waals surface area (Å²) in [5.74, 6) is 0. The number of hydrogen-bond donors (Lipinski definition) is 1. The van der Waals surface area contributed by atoms with Gasteiger partial charge in [0, 0.05) is 24.2 Å². The largest absolute Gasteiger partial charge is 0.386 e. The van der Waals surface area contributed by atoms with Gasteiger partial charge in [0.15, 0.2) is 0 Å². The third kappa shape index (κ3) is 4.54. The number of methoxy groups -OCH3 is 1. The summed E-state index contributed by atoms with van der Waals surface area (Å²) in [6.45, 7) is 1.88. The van der Waals surface area contributed by atoms with Crippen molar-refractivity contribution in [2.75, 3.05) is 26.9 Å². The summed E-state index contributed by atoms with van der Waals surface area (Å²) in [4.78, 5) is 0. The first-order valence-electron chi connectivity index (χ1n) is 5.62. The van der Waals surface area contributed by atoms with Gasteiger partial charge < -0.3 is 14.6 Å². The zero-order valence-electron chi connectivity index (χ0n) is 9.38. The molecule has 1 aliphatic carbocycles. The lowest BCUT2D eigenvalue weighted by molar-refractivity contribution is -0.0625. The number of halogens is 1. The van der Waals surface area contributed by atoms with E-state index < -0.39 is 5.60 Å². The molecule has 1 saturated carbocycles. The summed E-state index contributed by atoms with van der Waals surface area (Å²) in [5, 5.41) is 10.3. The van der Waals surface area contributed by atoms with Gasteiger partial charge in [-0.15, -0.1) is 0 Å². The Bertz CT molecular complexity index is 177. The average molecular weight is 328 g/mol. The second-order valence-electron chi connectivity index (χ2n) is 4.22. The number of alkyl halides is 1. The summed E-state index contributed by atoms with van der Waals surface area (Å²) >= 11 is 2.35. The van der Waals surface area contributed by atoms with Crippen LogP contribution in [0.25, 0.3) is 0 Å². The molecule has 2 atom stereocenters. The topological polar surface area (TPSA) is 38.7 Å². The molecule has 0 bridgehead atoms. The van der Waals surface area contributed by atoms with E-state index in [2.05, 4.69) is 22.6 Å². The van der Waals surface area contributed by atoms with Crippen molar-refractivity contribution in [1.29, 1.82) is 0 Å². The highest BCUT2D eigenvalue weighted by atomic mass is 127. The molecule has 1 rings (SSSR count). The number of rotatable bonds is 6. The van der Waals surface area contributed by atoms with Crippen molar-refractivity contribution >= 4 is 22.6 Å². The SMILES string of the molecule is COCCCOCC1(O)CCCCC1I. The molecule has 1 fully saturated rings. The molecule has 1 N–H and O–H groups in total. The van der Waals surface area contributed by atoms with Gasteiger partial charge in [-0.2, -0.15) is 0 Å². The quantitative estimate of drug-likeness (QED) is 0.461. The van der Waals surface area contributed by atoms with Crippen molar-refractivity contribution in [2.45, 2.75) is 41.6 Å². The predicted molar refractivity (Wildman–Crippen MR) is 68.5 cm³/mol. The van der Waals surface area contributed by atoms with Crippen LogP contribution in [-0.2, 0) is 9.47 Å². The molecule has 2 unspecified atom stereocenters. The molecular weight excluding hydrogens is 307 g/mol. The summed E-state index contributed by atoms with van der Waals surface area (Å²) < 4.78 is 10.8. The van der Waals surface area contributed by atoms with Gasteiger partial charge in [0.05, 0.1) is 12.2 Å². The van der Waals surface area contributed by atoms with Gasteiger partial charge in [-0.05, 0) is 19.3 Å². The fourth-order valence-electron chi connectivity index (χ4n) is 1.90. The second-order valence-corrected chi connectivity index (χ2v) is 5.72. The number of ether oxygens (including phenoxy) is 2. The van der Waals surface area contributed by atoms with E-state index in [1.165, 1.54) is 6.42 Å². The van der Waals surface area contributed by atoms with Gasteiger partial charge in [0.2, 0.25) is 0 Å². The van der Waals surface area contributed by atoms with Crippen LogP contribution in [-0.4, -0.2) is 41.6 Å². The molecule has 4 heteroatoms. The summed E-state index contributed by atoms with van der Waals surface area (Å²) in [6.07, 6.45) is 5.25. The molecule has 0 radical (unpaired) electrons. The monoisotopic (exact) mass is 328 g/mol. The van der Waals surface area contributed by atoms with E-state index in [-0.39, 0.29) is 0 Å². The first-order chi connectivity index (χ1) is 7.19. The van der Waals surface area contributed by atoms with Gasteiger partial charge in [-0.25, -0.2) is 0 Å². The van der Waals surface area contributed by atoms with Crippen molar-refractivity contribution in [3.8, 4) is 0 Å². The Morgan fingerprint density at radius 3 is 2.87 bits per heavy atom. The minimum Gasteiger partial charge on any atom is -0.386 e. The summed E-state index contributed by atoms with van der Waals surface area (Å²) in [6, 6.07) is 0. The zero-order valence-corrected chi connectivity index (χ0v) is 11.5. The van der Waals surface area contributed by atoms with E-state index in [0.29, 0.717) is 17.1 Å². The van der Waals surface area contributed by atoms with Crippen LogP contribution >= 0.6 is 22.6 Å². The molecule has 0 amide bonds. The lowest BCUT2D eigenvalue weighted by Gasteiger charge is -2.36. The van der Waals surface area contributed by atoms with Crippen molar-refractivity contribution in [2.24, 2.45) is 0 Å². The van der Waals surface area contributed by atoms with Crippen LogP contribution in [0.5, 0.6) is 0 Å². The fraction of sp³-hybridized carbons (Fsp3) is 1.00. The highest BCUT2D eigenvalue weighted by molar-refractivity contribution is 14.1. The lowest BCUT2D eigenvalue weighted by Crippen LogP contribution is -2.45. The molecule has 0 heterocycles. The highest BCUT2D eigenvalue weighted by Gasteiger charge is 2.37. The Morgan fingerprint density at radius 1 is 1.40 bits per heavy atom. The molecule has 0 aromatic heterocycles. The van der Waals surface area contributed by atoms with Crippen molar-refractivity contribution < 1.29 is 14.6 Å². The van der Waals surface area contributed by atoms with Crippen LogP contribution < -0.4 is 0 Å². The summed E-state index contributed by atoms with van der Waals surface area (Å²) in [5.41, 5.74) is -0.591. The smallest absolute Gasteiger partial charge is 0.0996 e. The molecule has 90 valence electrons. The third-order valence-electron chi connectivity index (χ3n) is 2.89. The van der Waals surface area contributed by atoms with E-state index >= 15 is 0 Å². The van der Waals surface area contributed by atoms with Crippen molar-refractivity contribution in [3.63, 3.8) is 0 Å². The zero-order chi connectivity index (χ0) is 11.1. The van der Waals surface area contributed by atoms with Crippen molar-refractivity contribution in [1.82, 2.24) is 0 Å². The average Bonchev–Trinajstić information content (AvgIpc) is 2.23. The Hall–Kier alpha value is 0.610. The molecule has 0 aromatic rings. The predicted octanol–water partition coefficient (Wildman–Crippen LogP) is 2.15. The van der Waals surface area contributed by atoms with Crippen LogP contribution in [0.1, 0.15) is 32.1 Å². The Labute approximate surface area is 106 Å². The van der Waals surface area contributed by atoms with Gasteiger partial charge in [-0.1, -0.05) is 35.4 Å². The van der Waals surface area contributed by atoms with E-state index in [1.54, 1.807) is 7.11 Å².